The number of unbranched alkanes of at least 4 members (excludes halogenated alkanes) is 2. The van der Waals surface area contributed by atoms with Gasteiger partial charge in [-0.1, -0.05) is 122 Å². The molecule has 0 unspecified atom stereocenters. The van der Waals surface area contributed by atoms with Crippen LogP contribution in [0.3, 0.4) is 0 Å². The molecule has 0 radical (unpaired) electrons. The van der Waals surface area contributed by atoms with Crippen molar-refractivity contribution >= 4 is 35.1 Å². The summed E-state index contributed by atoms with van der Waals surface area (Å²) in [5.41, 5.74) is 17.9. The third-order valence-corrected chi connectivity index (χ3v) is 12.3. The number of benzene rings is 3. The number of allylic oxidation sites excluding steroid dienone is 12. The molecular weight excluding hydrogens is 663 g/mol. The van der Waals surface area contributed by atoms with Crippen molar-refractivity contribution in [1.29, 1.82) is 0 Å². The van der Waals surface area contributed by atoms with Crippen LogP contribution in [0.5, 0.6) is 0 Å². The standard InChI is InChI=1S/C54H60N/c1-12-22-49-52(43-26-17-15-24-38(43)4)54(10,11)50(55(49)36-21-13-14-23-37(2)3)35-34-45-41(7)44(47-28-19-20-29-48(45)47)33-31-40(6)53(8,9)51-39(5)30-32-42-25-16-18-27-46(42)51/h1,15,17-20,22,24,26-35H,2,4,13-14,16,21,23,25,36H2,3,5-11H3/q+1/b35-34+,40-31-,44-33-,49-22+,52-43+. The first kappa shape index (κ1) is 39.5. The molecule has 2 aliphatic carbocycles. The van der Waals surface area contributed by atoms with E-state index in [4.69, 9.17) is 6.42 Å². The van der Waals surface area contributed by atoms with Gasteiger partial charge in [-0.15, -0.1) is 13.0 Å². The van der Waals surface area contributed by atoms with Crippen LogP contribution in [0.2, 0.25) is 0 Å². The number of terminal acetylenes is 1. The van der Waals surface area contributed by atoms with Gasteiger partial charge in [-0.05, 0) is 140 Å². The first-order valence-corrected chi connectivity index (χ1v) is 20.2. The molecule has 0 atom stereocenters. The average molecular weight is 723 g/mol. The summed E-state index contributed by atoms with van der Waals surface area (Å²) in [7, 11) is 0. The number of fused-ring (bicyclic) bond motifs is 2. The molecule has 280 valence electrons. The van der Waals surface area contributed by atoms with Crippen LogP contribution in [-0.2, 0) is 11.8 Å². The Bertz CT molecular complexity index is 2410. The largest absolute Gasteiger partial charge is 0.218 e. The van der Waals surface area contributed by atoms with Gasteiger partial charge in [-0.25, -0.2) is 0 Å². The van der Waals surface area contributed by atoms with Crippen molar-refractivity contribution in [2.75, 3.05) is 6.54 Å². The van der Waals surface area contributed by atoms with Crippen molar-refractivity contribution in [2.45, 2.75) is 99.3 Å². The second kappa shape index (κ2) is 16.3. The number of hydrogen-bond acceptors (Lipinski definition) is 0. The fraction of sp³-hybridized carbons (Fsp3) is 0.315. The van der Waals surface area contributed by atoms with Gasteiger partial charge in [0.1, 0.15) is 6.54 Å². The predicted octanol–water partition coefficient (Wildman–Crippen LogP) is 12.0. The highest BCUT2D eigenvalue weighted by atomic mass is 15.1. The summed E-state index contributed by atoms with van der Waals surface area (Å²) < 4.78 is 2.49. The third-order valence-electron chi connectivity index (χ3n) is 12.3. The molecule has 0 N–H and O–H groups in total. The smallest absolute Gasteiger partial charge is 0.194 e. The molecular formula is C54H60N+. The molecule has 6 rings (SSSR count). The van der Waals surface area contributed by atoms with Crippen molar-refractivity contribution < 1.29 is 4.58 Å². The maximum absolute atomic E-state index is 6.06. The van der Waals surface area contributed by atoms with E-state index in [0.717, 1.165) is 61.2 Å². The highest BCUT2D eigenvalue weighted by molar-refractivity contribution is 6.10. The number of aryl methyl sites for hydroxylation is 2. The van der Waals surface area contributed by atoms with Crippen molar-refractivity contribution in [3.05, 3.63) is 170 Å². The van der Waals surface area contributed by atoms with Gasteiger partial charge < -0.3 is 0 Å². The molecule has 0 bridgehead atoms. The van der Waals surface area contributed by atoms with E-state index in [-0.39, 0.29) is 10.8 Å². The van der Waals surface area contributed by atoms with Crippen molar-refractivity contribution in [3.63, 3.8) is 0 Å². The second-order valence-corrected chi connectivity index (χ2v) is 16.9. The van der Waals surface area contributed by atoms with Crippen LogP contribution in [0, 0.1) is 24.7 Å². The molecule has 0 saturated carbocycles. The normalized spacial score (nSPS) is 19.1. The van der Waals surface area contributed by atoms with Crippen molar-refractivity contribution in [1.82, 2.24) is 0 Å². The molecule has 1 nitrogen and oxygen atoms in total. The Morgan fingerprint density at radius 2 is 1.67 bits per heavy atom. The Hall–Kier alpha value is -5.19. The van der Waals surface area contributed by atoms with Crippen LogP contribution >= 0.6 is 0 Å². The van der Waals surface area contributed by atoms with E-state index in [2.05, 4.69) is 176 Å². The van der Waals surface area contributed by atoms with Crippen molar-refractivity contribution in [3.8, 4) is 12.3 Å². The molecule has 1 heterocycles. The zero-order valence-electron chi connectivity index (χ0n) is 34.7. The highest BCUT2D eigenvalue weighted by Gasteiger charge is 2.47. The zero-order valence-corrected chi connectivity index (χ0v) is 34.7. The first-order valence-electron chi connectivity index (χ1n) is 20.2. The summed E-state index contributed by atoms with van der Waals surface area (Å²) >= 11 is 0. The molecule has 3 aliphatic rings. The molecule has 0 amide bonds. The quantitative estimate of drug-likeness (QED) is 0.0802. The zero-order chi connectivity index (χ0) is 39.5. The fourth-order valence-electron chi connectivity index (χ4n) is 9.09. The van der Waals surface area contributed by atoms with Crippen LogP contribution in [0.1, 0.15) is 114 Å². The Kier molecular flexibility index (Phi) is 11.7. The topological polar surface area (TPSA) is 3.01 Å². The number of hydrogen-bond donors (Lipinski definition) is 0. The summed E-state index contributed by atoms with van der Waals surface area (Å²) in [4.78, 5) is 0. The van der Waals surface area contributed by atoms with Crippen molar-refractivity contribution in [2.24, 2.45) is 5.41 Å². The van der Waals surface area contributed by atoms with Gasteiger partial charge in [0, 0.05) is 23.5 Å². The fourth-order valence-corrected chi connectivity index (χ4v) is 9.09. The molecule has 1 heteroatoms. The molecule has 0 spiro atoms. The first-order chi connectivity index (χ1) is 26.3. The number of rotatable bonds is 11. The van der Waals surface area contributed by atoms with E-state index >= 15 is 0 Å². The second-order valence-electron chi connectivity index (χ2n) is 16.9. The molecule has 0 aromatic heterocycles. The van der Waals surface area contributed by atoms with Crippen LogP contribution in [0.15, 0.2) is 126 Å². The summed E-state index contributed by atoms with van der Waals surface area (Å²) in [6.45, 7) is 27.9. The van der Waals surface area contributed by atoms with Gasteiger partial charge in [0.25, 0.3) is 0 Å². The maximum Gasteiger partial charge on any atom is 0.218 e. The van der Waals surface area contributed by atoms with Gasteiger partial charge >= 0.3 is 0 Å². The molecule has 55 heavy (non-hydrogen) atoms. The lowest BCUT2D eigenvalue weighted by Crippen LogP contribution is -2.32. The van der Waals surface area contributed by atoms with Crippen LogP contribution < -0.4 is 10.4 Å². The van der Waals surface area contributed by atoms with Gasteiger partial charge in [0.2, 0.25) is 5.70 Å². The molecule has 0 fully saturated rings. The Balaban J connectivity index is 1.44. The molecule has 3 aromatic rings. The lowest BCUT2D eigenvalue weighted by molar-refractivity contribution is -0.467. The molecule has 1 aliphatic heterocycles. The van der Waals surface area contributed by atoms with Gasteiger partial charge in [0.15, 0.2) is 5.71 Å². The van der Waals surface area contributed by atoms with E-state index in [1.807, 2.05) is 6.08 Å². The summed E-state index contributed by atoms with van der Waals surface area (Å²) in [6, 6.07) is 22.0. The molecule has 3 aromatic carbocycles. The Labute approximate surface area is 332 Å². The van der Waals surface area contributed by atoms with Gasteiger partial charge in [0.05, 0.1) is 11.5 Å². The maximum atomic E-state index is 6.06. The van der Waals surface area contributed by atoms with E-state index in [1.54, 1.807) is 0 Å². The Morgan fingerprint density at radius 1 is 0.945 bits per heavy atom. The number of nitrogens with zero attached hydrogens (tertiary/aromatic N) is 1. The predicted molar refractivity (Wildman–Crippen MR) is 240 cm³/mol. The summed E-state index contributed by atoms with van der Waals surface area (Å²) in [5, 5.41) is 2.17. The van der Waals surface area contributed by atoms with Gasteiger partial charge in [-0.3, -0.25) is 0 Å². The Morgan fingerprint density at radius 3 is 2.40 bits per heavy atom. The average Bonchev–Trinajstić information content (AvgIpc) is 3.53. The lowest BCUT2D eigenvalue weighted by Gasteiger charge is -2.32. The van der Waals surface area contributed by atoms with E-state index in [0.29, 0.717) is 0 Å². The minimum atomic E-state index is -0.300. The monoisotopic (exact) mass is 722 g/mol. The van der Waals surface area contributed by atoms with Crippen LogP contribution in [0.4, 0.5) is 0 Å². The van der Waals surface area contributed by atoms with E-state index in [1.165, 1.54) is 72.5 Å². The minimum Gasteiger partial charge on any atom is -0.194 e. The van der Waals surface area contributed by atoms with Crippen LogP contribution in [-0.4, -0.2) is 16.8 Å². The lowest BCUT2D eigenvalue weighted by atomic mass is 9.72. The third kappa shape index (κ3) is 7.71. The van der Waals surface area contributed by atoms with Gasteiger partial charge in [-0.2, -0.15) is 4.58 Å². The van der Waals surface area contributed by atoms with E-state index in [9.17, 15) is 0 Å². The van der Waals surface area contributed by atoms with E-state index < -0.39 is 0 Å². The summed E-state index contributed by atoms with van der Waals surface area (Å²) in [6.07, 6.45) is 28.8. The SMILES string of the molecule is C#C/C=C1\C(=c2\ccccc2=C)C(C)(C)C(/C=C/C2=C(C)C(=C/C=C(/C)C(C)(C)c3c(C)ccc4c3C=CCC4)/c3ccccc32)=[N+]1CCCCCC(=C)C. The highest BCUT2D eigenvalue weighted by Crippen LogP contribution is 2.45. The minimum absolute atomic E-state index is 0.115. The van der Waals surface area contributed by atoms with Crippen LogP contribution in [0.25, 0.3) is 29.4 Å². The molecule has 0 saturated heterocycles. The summed E-state index contributed by atoms with van der Waals surface area (Å²) in [5.74, 6) is 2.90.